The van der Waals surface area contributed by atoms with E-state index in [-0.39, 0.29) is 18.8 Å². The molecule has 3 N–H and O–H groups in total. The summed E-state index contributed by atoms with van der Waals surface area (Å²) in [5, 5.41) is 2.34. The molecule has 0 aliphatic rings. The smallest absolute Gasteiger partial charge is 0.384 e. The van der Waals surface area contributed by atoms with E-state index < -0.39 is 30.4 Å². The number of rotatable bonds is 4. The first-order valence-electron chi connectivity index (χ1n) is 5.10. The molecule has 10 heteroatoms. The Morgan fingerprint density at radius 3 is 2.26 bits per heavy atom. The zero-order valence-corrected chi connectivity index (χ0v) is 9.44. The fourth-order valence-corrected chi connectivity index (χ4v) is 1.19. The molecule has 19 heavy (non-hydrogen) atoms. The lowest BCUT2D eigenvalue weighted by molar-refractivity contribution is -0.144. The highest BCUT2D eigenvalue weighted by Gasteiger charge is 2.35. The maximum absolute atomic E-state index is 12.3. The molecule has 0 spiro atoms. The molecular weight excluding hydrogens is 278 g/mol. The topological polar surface area (TPSA) is 63.8 Å². The fraction of sp³-hybridized carbons (Fsp3) is 0.556. The van der Waals surface area contributed by atoms with Crippen molar-refractivity contribution in [3.05, 3.63) is 11.9 Å². The normalized spacial score (nSPS) is 12.5. The molecule has 0 fully saturated rings. The van der Waals surface area contributed by atoms with Crippen molar-refractivity contribution in [2.75, 3.05) is 17.6 Å². The van der Waals surface area contributed by atoms with Gasteiger partial charge in [0.2, 0.25) is 5.82 Å². The monoisotopic (exact) mass is 288 g/mol. The molecule has 1 aromatic rings. The van der Waals surface area contributed by atoms with E-state index in [1.165, 1.54) is 0 Å². The second kappa shape index (κ2) is 5.49. The summed E-state index contributed by atoms with van der Waals surface area (Å²) < 4.78 is 72.5. The standard InChI is InChI=1S/C9H10F6N4/c10-8(11,12)2-1-3-17-6-4-5(16)18-7(19-6)9(13,14)15/h4H,1-3H2,(H3,16,17,18,19). The molecule has 0 aromatic carbocycles. The molecule has 1 heterocycles. The van der Waals surface area contributed by atoms with Crippen LogP contribution in [0.15, 0.2) is 6.07 Å². The van der Waals surface area contributed by atoms with Crippen LogP contribution in [0.4, 0.5) is 38.0 Å². The Kier molecular flexibility index (Phi) is 4.43. The van der Waals surface area contributed by atoms with Crippen molar-refractivity contribution in [3.63, 3.8) is 0 Å². The van der Waals surface area contributed by atoms with Gasteiger partial charge < -0.3 is 11.1 Å². The number of alkyl halides is 6. The summed E-state index contributed by atoms with van der Waals surface area (Å²) in [5.74, 6) is -2.12. The first-order valence-corrected chi connectivity index (χ1v) is 5.10. The molecule has 4 nitrogen and oxygen atoms in total. The van der Waals surface area contributed by atoms with E-state index in [4.69, 9.17) is 5.73 Å². The predicted molar refractivity (Wildman–Crippen MR) is 55.2 cm³/mol. The van der Waals surface area contributed by atoms with Crippen molar-refractivity contribution < 1.29 is 26.3 Å². The van der Waals surface area contributed by atoms with Crippen molar-refractivity contribution in [2.24, 2.45) is 0 Å². The number of nitrogens with zero attached hydrogens (tertiary/aromatic N) is 2. The van der Waals surface area contributed by atoms with Crippen molar-refractivity contribution >= 4 is 11.6 Å². The first kappa shape index (κ1) is 15.3. The van der Waals surface area contributed by atoms with Gasteiger partial charge in [-0.05, 0) is 6.42 Å². The van der Waals surface area contributed by atoms with Crippen LogP contribution in [-0.2, 0) is 6.18 Å². The zero-order valence-electron chi connectivity index (χ0n) is 9.44. The summed E-state index contributed by atoms with van der Waals surface area (Å²) in [6.45, 7) is -0.173. The molecule has 0 atom stereocenters. The fourth-order valence-electron chi connectivity index (χ4n) is 1.19. The van der Waals surface area contributed by atoms with Gasteiger partial charge in [0, 0.05) is 19.0 Å². The molecule has 0 amide bonds. The molecule has 108 valence electrons. The summed E-state index contributed by atoms with van der Waals surface area (Å²) in [4.78, 5) is 6.12. The van der Waals surface area contributed by atoms with E-state index in [0.29, 0.717) is 0 Å². The molecule has 0 saturated carbocycles. The largest absolute Gasteiger partial charge is 0.451 e. The third-order valence-electron chi connectivity index (χ3n) is 1.94. The first-order chi connectivity index (χ1) is 8.58. The Bertz CT molecular complexity index is 428. The van der Waals surface area contributed by atoms with E-state index in [1.54, 1.807) is 0 Å². The van der Waals surface area contributed by atoms with Gasteiger partial charge in [0.15, 0.2) is 0 Å². The SMILES string of the molecule is Nc1cc(NCCCC(F)(F)F)nc(C(F)(F)F)n1. The lowest BCUT2D eigenvalue weighted by atomic mass is 10.3. The van der Waals surface area contributed by atoms with E-state index in [0.717, 1.165) is 6.07 Å². The van der Waals surface area contributed by atoms with Crippen LogP contribution in [0.5, 0.6) is 0 Å². The van der Waals surface area contributed by atoms with Gasteiger partial charge in [0.25, 0.3) is 0 Å². The quantitative estimate of drug-likeness (QED) is 0.660. The van der Waals surface area contributed by atoms with Crippen LogP contribution in [0.2, 0.25) is 0 Å². The average molecular weight is 288 g/mol. The van der Waals surface area contributed by atoms with E-state index in [2.05, 4.69) is 15.3 Å². The maximum atomic E-state index is 12.3. The third kappa shape index (κ3) is 5.62. The Morgan fingerprint density at radius 1 is 1.11 bits per heavy atom. The number of anilines is 2. The van der Waals surface area contributed by atoms with Crippen LogP contribution >= 0.6 is 0 Å². The van der Waals surface area contributed by atoms with Crippen LogP contribution in [0.1, 0.15) is 18.7 Å². The maximum Gasteiger partial charge on any atom is 0.451 e. The summed E-state index contributed by atoms with van der Waals surface area (Å²) in [6, 6.07) is 1.02. The highest BCUT2D eigenvalue weighted by molar-refractivity contribution is 5.44. The van der Waals surface area contributed by atoms with Crippen molar-refractivity contribution in [3.8, 4) is 0 Å². The lowest BCUT2D eigenvalue weighted by Gasteiger charge is -2.10. The van der Waals surface area contributed by atoms with Gasteiger partial charge in [0.1, 0.15) is 11.6 Å². The average Bonchev–Trinajstić information content (AvgIpc) is 2.21. The Labute approximate surface area is 104 Å². The molecule has 0 radical (unpaired) electrons. The minimum Gasteiger partial charge on any atom is -0.384 e. The zero-order chi connectivity index (χ0) is 14.7. The van der Waals surface area contributed by atoms with Gasteiger partial charge >= 0.3 is 12.4 Å². The minimum atomic E-state index is -4.77. The molecular formula is C9H10F6N4. The van der Waals surface area contributed by atoms with Gasteiger partial charge in [-0.3, -0.25) is 0 Å². The second-order valence-electron chi connectivity index (χ2n) is 3.64. The number of hydrogen-bond acceptors (Lipinski definition) is 4. The molecule has 0 aliphatic carbocycles. The molecule has 0 bridgehead atoms. The van der Waals surface area contributed by atoms with Crippen LogP contribution in [0, 0.1) is 0 Å². The number of nitrogens with two attached hydrogens (primary N) is 1. The predicted octanol–water partition coefficient (Wildman–Crippen LogP) is 2.83. The van der Waals surface area contributed by atoms with E-state index in [9.17, 15) is 26.3 Å². The van der Waals surface area contributed by atoms with Gasteiger partial charge in [-0.2, -0.15) is 26.3 Å². The molecule has 1 aromatic heterocycles. The minimum absolute atomic E-state index is 0.173. The molecule has 0 unspecified atom stereocenters. The Morgan fingerprint density at radius 2 is 1.74 bits per heavy atom. The highest BCUT2D eigenvalue weighted by Crippen LogP contribution is 2.27. The highest BCUT2D eigenvalue weighted by atomic mass is 19.4. The molecule has 1 rings (SSSR count). The molecule has 0 saturated heterocycles. The number of nitrogens with one attached hydrogen (secondary N) is 1. The molecule has 0 aliphatic heterocycles. The van der Waals surface area contributed by atoms with Crippen LogP contribution in [-0.4, -0.2) is 22.7 Å². The number of nitrogen functional groups attached to an aromatic ring is 1. The van der Waals surface area contributed by atoms with Crippen molar-refractivity contribution in [1.29, 1.82) is 0 Å². The van der Waals surface area contributed by atoms with Crippen LogP contribution < -0.4 is 11.1 Å². The van der Waals surface area contributed by atoms with E-state index in [1.807, 2.05) is 0 Å². The summed E-state index contributed by atoms with van der Waals surface area (Å²) in [5.41, 5.74) is 5.16. The van der Waals surface area contributed by atoms with Crippen LogP contribution in [0.25, 0.3) is 0 Å². The van der Waals surface area contributed by atoms with Crippen molar-refractivity contribution in [2.45, 2.75) is 25.2 Å². The van der Waals surface area contributed by atoms with E-state index >= 15 is 0 Å². The third-order valence-corrected chi connectivity index (χ3v) is 1.94. The van der Waals surface area contributed by atoms with Gasteiger partial charge in [-0.1, -0.05) is 0 Å². The number of halogens is 6. The summed E-state index contributed by atoms with van der Waals surface area (Å²) in [7, 11) is 0. The second-order valence-corrected chi connectivity index (χ2v) is 3.64. The Hall–Kier alpha value is -1.74. The lowest BCUT2D eigenvalue weighted by Crippen LogP contribution is -2.16. The number of aromatic nitrogens is 2. The van der Waals surface area contributed by atoms with Crippen LogP contribution in [0.3, 0.4) is 0 Å². The Balaban J connectivity index is 2.62. The summed E-state index contributed by atoms with van der Waals surface area (Å²) in [6.07, 6.45) is -10.4. The van der Waals surface area contributed by atoms with Gasteiger partial charge in [0.05, 0.1) is 0 Å². The number of hydrogen-bond donors (Lipinski definition) is 2. The summed E-state index contributed by atoms with van der Waals surface area (Å²) >= 11 is 0. The van der Waals surface area contributed by atoms with Gasteiger partial charge in [-0.15, -0.1) is 0 Å². The van der Waals surface area contributed by atoms with Crippen molar-refractivity contribution in [1.82, 2.24) is 9.97 Å². The van der Waals surface area contributed by atoms with Gasteiger partial charge in [-0.25, -0.2) is 9.97 Å².